The maximum atomic E-state index is 6.01. The summed E-state index contributed by atoms with van der Waals surface area (Å²) in [6, 6.07) is 5.70. The van der Waals surface area contributed by atoms with E-state index in [0.29, 0.717) is 10.8 Å². The molecule has 0 spiro atoms. The van der Waals surface area contributed by atoms with Crippen molar-refractivity contribution < 1.29 is 4.74 Å². The van der Waals surface area contributed by atoms with Gasteiger partial charge in [-0.1, -0.05) is 18.5 Å². The lowest BCUT2D eigenvalue weighted by molar-refractivity contribution is 0.415. The van der Waals surface area contributed by atoms with Crippen LogP contribution in [0.3, 0.4) is 0 Å². The molecule has 0 aliphatic carbocycles. The van der Waals surface area contributed by atoms with E-state index >= 15 is 0 Å². The topological polar surface area (TPSA) is 33.3 Å². The molecule has 0 atom stereocenters. The Morgan fingerprint density at radius 2 is 2.06 bits per heavy atom. The third-order valence-electron chi connectivity index (χ3n) is 2.21. The molecular formula is C12H19ClN2O. The van der Waals surface area contributed by atoms with Crippen LogP contribution in [-0.4, -0.2) is 26.7 Å². The molecular weight excluding hydrogens is 224 g/mol. The van der Waals surface area contributed by atoms with Gasteiger partial charge in [-0.15, -0.1) is 0 Å². The number of hydrogen-bond donors (Lipinski definition) is 2. The molecule has 90 valence electrons. The smallest absolute Gasteiger partial charge is 0.137 e. The summed E-state index contributed by atoms with van der Waals surface area (Å²) in [4.78, 5) is 0. The van der Waals surface area contributed by atoms with Gasteiger partial charge in [-0.2, -0.15) is 0 Å². The van der Waals surface area contributed by atoms with E-state index in [2.05, 4.69) is 17.6 Å². The second-order valence-corrected chi connectivity index (χ2v) is 3.93. The van der Waals surface area contributed by atoms with Crippen molar-refractivity contribution in [3.8, 4) is 5.75 Å². The highest BCUT2D eigenvalue weighted by Crippen LogP contribution is 2.26. The van der Waals surface area contributed by atoms with Gasteiger partial charge in [0.05, 0.1) is 12.1 Å². The third-order valence-corrected chi connectivity index (χ3v) is 2.50. The highest BCUT2D eigenvalue weighted by atomic mass is 35.5. The van der Waals surface area contributed by atoms with Crippen LogP contribution >= 0.6 is 11.6 Å². The van der Waals surface area contributed by atoms with Crippen molar-refractivity contribution in [2.45, 2.75) is 13.3 Å². The molecule has 1 aromatic rings. The Morgan fingerprint density at radius 3 is 2.69 bits per heavy atom. The number of hydrogen-bond acceptors (Lipinski definition) is 3. The highest BCUT2D eigenvalue weighted by molar-refractivity contribution is 6.32. The average Bonchev–Trinajstić information content (AvgIpc) is 2.29. The zero-order chi connectivity index (χ0) is 11.8. The van der Waals surface area contributed by atoms with Crippen LogP contribution in [-0.2, 0) is 0 Å². The van der Waals surface area contributed by atoms with Crippen LogP contribution in [0.5, 0.6) is 5.75 Å². The summed E-state index contributed by atoms with van der Waals surface area (Å²) < 4.78 is 5.09. The minimum Gasteiger partial charge on any atom is -0.495 e. The van der Waals surface area contributed by atoms with Crippen molar-refractivity contribution in [1.29, 1.82) is 0 Å². The van der Waals surface area contributed by atoms with Gasteiger partial charge in [-0.25, -0.2) is 0 Å². The maximum absolute atomic E-state index is 6.01. The van der Waals surface area contributed by atoms with Gasteiger partial charge in [0, 0.05) is 18.8 Å². The first-order valence-electron chi connectivity index (χ1n) is 5.56. The second kappa shape index (κ2) is 7.36. The molecule has 0 radical (unpaired) electrons. The summed E-state index contributed by atoms with van der Waals surface area (Å²) >= 11 is 6.01. The fraction of sp³-hybridized carbons (Fsp3) is 0.500. The number of rotatable bonds is 7. The highest BCUT2D eigenvalue weighted by Gasteiger charge is 2.00. The normalized spacial score (nSPS) is 10.2. The zero-order valence-electron chi connectivity index (χ0n) is 9.85. The van der Waals surface area contributed by atoms with Crippen LogP contribution < -0.4 is 15.4 Å². The molecule has 0 unspecified atom stereocenters. The SMILES string of the molecule is CCCNCCNc1ccc(OC)c(Cl)c1. The van der Waals surface area contributed by atoms with Crippen molar-refractivity contribution >= 4 is 17.3 Å². The maximum Gasteiger partial charge on any atom is 0.137 e. The number of halogens is 1. The Hall–Kier alpha value is -0.930. The lowest BCUT2D eigenvalue weighted by Gasteiger charge is -2.09. The number of methoxy groups -OCH3 is 1. The Morgan fingerprint density at radius 1 is 1.25 bits per heavy atom. The van der Waals surface area contributed by atoms with E-state index in [4.69, 9.17) is 16.3 Å². The fourth-order valence-electron chi connectivity index (χ4n) is 1.37. The molecule has 0 heterocycles. The van der Waals surface area contributed by atoms with Gasteiger partial charge in [0.25, 0.3) is 0 Å². The quantitative estimate of drug-likeness (QED) is 0.722. The van der Waals surface area contributed by atoms with E-state index in [1.807, 2.05) is 18.2 Å². The van der Waals surface area contributed by atoms with Crippen molar-refractivity contribution in [2.24, 2.45) is 0 Å². The van der Waals surface area contributed by atoms with Gasteiger partial charge in [0.1, 0.15) is 5.75 Å². The lowest BCUT2D eigenvalue weighted by atomic mass is 10.3. The summed E-state index contributed by atoms with van der Waals surface area (Å²) in [5, 5.41) is 7.25. The first-order valence-corrected chi connectivity index (χ1v) is 5.94. The zero-order valence-corrected chi connectivity index (χ0v) is 10.6. The van der Waals surface area contributed by atoms with Crippen LogP contribution in [0, 0.1) is 0 Å². The van der Waals surface area contributed by atoms with Crippen LogP contribution in [0.4, 0.5) is 5.69 Å². The Kier molecular flexibility index (Phi) is 6.04. The molecule has 0 aromatic heterocycles. The molecule has 0 amide bonds. The van der Waals surface area contributed by atoms with Gasteiger partial charge in [-0.3, -0.25) is 0 Å². The van der Waals surface area contributed by atoms with E-state index in [9.17, 15) is 0 Å². The number of anilines is 1. The lowest BCUT2D eigenvalue weighted by Crippen LogP contribution is -2.22. The van der Waals surface area contributed by atoms with Crippen LogP contribution in [0.25, 0.3) is 0 Å². The summed E-state index contributed by atoms with van der Waals surface area (Å²) in [6.07, 6.45) is 1.16. The van der Waals surface area contributed by atoms with Crippen molar-refractivity contribution in [3.05, 3.63) is 23.2 Å². The molecule has 0 saturated heterocycles. The van der Waals surface area contributed by atoms with E-state index in [1.165, 1.54) is 0 Å². The predicted octanol–water partition coefficient (Wildman–Crippen LogP) is 2.76. The predicted molar refractivity (Wildman–Crippen MR) is 69.7 cm³/mol. The molecule has 0 aliphatic heterocycles. The van der Waals surface area contributed by atoms with Gasteiger partial charge in [-0.05, 0) is 31.2 Å². The van der Waals surface area contributed by atoms with Gasteiger partial charge in [0.2, 0.25) is 0 Å². The molecule has 0 bridgehead atoms. The third kappa shape index (κ3) is 4.29. The van der Waals surface area contributed by atoms with Crippen LogP contribution in [0.2, 0.25) is 5.02 Å². The van der Waals surface area contributed by atoms with Crippen LogP contribution in [0.1, 0.15) is 13.3 Å². The van der Waals surface area contributed by atoms with Crippen molar-refractivity contribution in [2.75, 3.05) is 32.1 Å². The van der Waals surface area contributed by atoms with Crippen LogP contribution in [0.15, 0.2) is 18.2 Å². The minimum atomic E-state index is 0.633. The van der Waals surface area contributed by atoms with Gasteiger partial charge < -0.3 is 15.4 Å². The van der Waals surface area contributed by atoms with Gasteiger partial charge in [0.15, 0.2) is 0 Å². The summed E-state index contributed by atoms with van der Waals surface area (Å²) in [6.45, 7) is 5.06. The number of nitrogens with one attached hydrogen (secondary N) is 2. The Labute approximate surface area is 102 Å². The molecule has 0 aliphatic rings. The largest absolute Gasteiger partial charge is 0.495 e. The molecule has 3 nitrogen and oxygen atoms in total. The number of ether oxygens (including phenoxy) is 1. The second-order valence-electron chi connectivity index (χ2n) is 3.53. The minimum absolute atomic E-state index is 0.633. The molecule has 2 N–H and O–H groups in total. The summed E-state index contributed by atoms with van der Waals surface area (Å²) in [5.74, 6) is 0.705. The van der Waals surface area contributed by atoms with Gasteiger partial charge >= 0.3 is 0 Å². The summed E-state index contributed by atoms with van der Waals surface area (Å²) in [7, 11) is 1.61. The molecule has 1 aromatic carbocycles. The van der Waals surface area contributed by atoms with E-state index in [0.717, 1.165) is 31.7 Å². The molecule has 0 saturated carbocycles. The first-order chi connectivity index (χ1) is 7.77. The molecule has 1 rings (SSSR count). The standard InChI is InChI=1S/C12H19ClN2O/c1-3-6-14-7-8-15-10-4-5-12(16-2)11(13)9-10/h4-5,9,14-15H,3,6-8H2,1-2H3. The molecule has 16 heavy (non-hydrogen) atoms. The van der Waals surface area contributed by atoms with E-state index in [1.54, 1.807) is 7.11 Å². The molecule has 0 fully saturated rings. The Bertz CT molecular complexity index is 318. The summed E-state index contributed by atoms with van der Waals surface area (Å²) in [5.41, 5.74) is 1.02. The first kappa shape index (κ1) is 13.1. The van der Waals surface area contributed by atoms with E-state index in [-0.39, 0.29) is 0 Å². The van der Waals surface area contributed by atoms with Crippen molar-refractivity contribution in [3.63, 3.8) is 0 Å². The Balaban J connectivity index is 2.34. The monoisotopic (exact) mass is 242 g/mol. The molecule has 4 heteroatoms. The van der Waals surface area contributed by atoms with Crippen molar-refractivity contribution in [1.82, 2.24) is 5.32 Å². The van der Waals surface area contributed by atoms with E-state index < -0.39 is 0 Å². The number of benzene rings is 1. The fourth-order valence-corrected chi connectivity index (χ4v) is 1.63. The average molecular weight is 243 g/mol.